The highest BCUT2D eigenvalue weighted by molar-refractivity contribution is 8.11. The molecule has 1 aromatic rings. The number of aliphatic imine (C=N–C) groups is 1. The average Bonchev–Trinajstić information content (AvgIpc) is 3.48. The van der Waals surface area contributed by atoms with Crippen LogP contribution in [0.4, 0.5) is 17.6 Å². The number of amidine groups is 1. The molecule has 0 bridgehead atoms. The Kier molecular flexibility index (Phi) is 6.88. The van der Waals surface area contributed by atoms with E-state index in [0.717, 1.165) is 31.5 Å². The normalized spacial score (nSPS) is 22.9. The number of nitrogens with zero attached hydrogens (tertiary/aromatic N) is 4. The molecule has 0 spiro atoms. The summed E-state index contributed by atoms with van der Waals surface area (Å²) in [5, 5.41) is 6.00. The molecule has 13 heteroatoms. The molecule has 4 rings (SSSR count). The van der Waals surface area contributed by atoms with Crippen molar-refractivity contribution in [3.8, 4) is 0 Å². The zero-order valence-electron chi connectivity index (χ0n) is 19.8. The van der Waals surface area contributed by atoms with E-state index in [1.165, 1.54) is 18.6 Å². The van der Waals surface area contributed by atoms with E-state index < -0.39 is 27.1 Å². The number of nitrogens with one attached hydrogen (secondary N) is 2. The van der Waals surface area contributed by atoms with Gasteiger partial charge in [-0.25, -0.2) is 9.30 Å². The predicted molar refractivity (Wildman–Crippen MR) is 126 cm³/mol. The molecule has 8 nitrogen and oxygen atoms in total. The van der Waals surface area contributed by atoms with Crippen molar-refractivity contribution >= 4 is 15.4 Å². The molecule has 1 atom stereocenters. The standard InChI is InChI=1S/C22H32F4N6O2S/c1-35(2,33,34)31-10-8-15(12-31)7-9-27-20-19(23)21(30-14-29-20)32(18-5-6-18)13-17-4-3-16(11-28-17)22(24,25)26/h3-4,11,15,18,27,29H,5-10,12-14H2,1-2H3,(H,33,34). The van der Waals surface area contributed by atoms with Crippen LogP contribution >= 0.6 is 0 Å². The van der Waals surface area contributed by atoms with Crippen LogP contribution in [-0.2, 0) is 22.3 Å². The topological polar surface area (TPSA) is 93.1 Å². The number of pyridine rings is 1. The molecule has 3 N–H and O–H groups in total. The third-order valence-corrected chi connectivity index (χ3v) is 8.29. The van der Waals surface area contributed by atoms with Gasteiger partial charge < -0.3 is 15.5 Å². The van der Waals surface area contributed by atoms with Crippen LogP contribution in [0.15, 0.2) is 35.0 Å². The molecular weight excluding hydrogens is 488 g/mol. The van der Waals surface area contributed by atoms with Gasteiger partial charge in [0.25, 0.3) is 0 Å². The van der Waals surface area contributed by atoms with Crippen LogP contribution in [0, 0.1) is 5.92 Å². The Balaban J connectivity index is 1.37. The van der Waals surface area contributed by atoms with E-state index in [1.54, 1.807) is 9.21 Å². The molecule has 0 aromatic carbocycles. The number of halogens is 4. The number of rotatable bonds is 8. The Morgan fingerprint density at radius 1 is 1.29 bits per heavy atom. The minimum absolute atomic E-state index is 0.0666. The quantitative estimate of drug-likeness (QED) is 0.457. The van der Waals surface area contributed by atoms with Gasteiger partial charge in [0.2, 0.25) is 5.83 Å². The van der Waals surface area contributed by atoms with E-state index in [1.807, 2.05) is 0 Å². The molecule has 1 unspecified atom stereocenters. The van der Waals surface area contributed by atoms with Gasteiger partial charge in [0.1, 0.15) is 12.5 Å². The van der Waals surface area contributed by atoms with E-state index in [4.69, 9.17) is 0 Å². The maximum absolute atomic E-state index is 15.4. The zero-order chi connectivity index (χ0) is 25.5. The van der Waals surface area contributed by atoms with Gasteiger partial charge in [-0.15, -0.1) is 9.53 Å². The summed E-state index contributed by atoms with van der Waals surface area (Å²) in [5.74, 6) is 0.0884. The van der Waals surface area contributed by atoms with Crippen molar-refractivity contribution in [2.75, 3.05) is 38.8 Å². The third-order valence-electron chi connectivity index (χ3n) is 6.48. The zero-order valence-corrected chi connectivity index (χ0v) is 20.6. The molecule has 0 radical (unpaired) electrons. The van der Waals surface area contributed by atoms with Crippen LogP contribution in [0.25, 0.3) is 0 Å². The van der Waals surface area contributed by atoms with Crippen LogP contribution in [0.5, 0.6) is 0 Å². The Hall–Kier alpha value is -2.25. The molecule has 0 amide bonds. The number of hydrogen-bond acceptors (Lipinski definition) is 6. The maximum atomic E-state index is 15.4. The summed E-state index contributed by atoms with van der Waals surface area (Å²) in [7, 11) is -3.74. The summed E-state index contributed by atoms with van der Waals surface area (Å²) >= 11 is 0. The second-order valence-electron chi connectivity index (χ2n) is 9.86. The molecule has 196 valence electrons. The third kappa shape index (κ3) is 6.50. The molecule has 35 heavy (non-hydrogen) atoms. The molecule has 3 heterocycles. The fourth-order valence-electron chi connectivity index (χ4n) is 4.34. The molecular formula is C22H32F4N6O2S. The highest BCUT2D eigenvalue weighted by atomic mass is 32.3. The van der Waals surface area contributed by atoms with Gasteiger partial charge in [0.05, 0.1) is 17.8 Å². The first kappa shape index (κ1) is 25.8. The summed E-state index contributed by atoms with van der Waals surface area (Å²) in [6, 6.07) is 2.36. The molecule has 3 aliphatic rings. The fraction of sp³-hybridized carbons (Fsp3) is 0.636. The van der Waals surface area contributed by atoms with E-state index in [9.17, 15) is 21.9 Å². The van der Waals surface area contributed by atoms with Gasteiger partial charge in [0.15, 0.2) is 5.84 Å². The number of hydrogen-bond donors (Lipinski definition) is 3. The first-order valence-electron chi connectivity index (χ1n) is 11.6. The highest BCUT2D eigenvalue weighted by Crippen LogP contribution is 2.33. The SMILES string of the molecule is CS(C)(=O)(O)N1CCC(CCNC2=C(F)C(N(Cc3ccc(C(F)(F)F)cn3)C3CC3)=NCN2)C1. The molecule has 2 aliphatic heterocycles. The Morgan fingerprint density at radius 2 is 2.03 bits per heavy atom. The lowest BCUT2D eigenvalue weighted by molar-refractivity contribution is -0.137. The van der Waals surface area contributed by atoms with Crippen molar-refractivity contribution in [1.29, 1.82) is 0 Å². The van der Waals surface area contributed by atoms with E-state index in [-0.39, 0.29) is 36.8 Å². The molecule has 2 fully saturated rings. The Labute approximate surface area is 202 Å². The van der Waals surface area contributed by atoms with Crippen molar-refractivity contribution in [3.05, 3.63) is 41.2 Å². The van der Waals surface area contributed by atoms with Gasteiger partial charge in [-0.2, -0.15) is 21.8 Å². The van der Waals surface area contributed by atoms with E-state index >= 15 is 4.39 Å². The Bertz CT molecular complexity index is 1050. The van der Waals surface area contributed by atoms with Gasteiger partial charge in [-0.3, -0.25) is 9.54 Å². The molecule has 1 aliphatic carbocycles. The van der Waals surface area contributed by atoms with Crippen LogP contribution in [-0.4, -0.2) is 73.6 Å². The van der Waals surface area contributed by atoms with Crippen LogP contribution < -0.4 is 10.6 Å². The summed E-state index contributed by atoms with van der Waals surface area (Å²) in [6.07, 6.45) is 2.27. The van der Waals surface area contributed by atoms with E-state index in [2.05, 4.69) is 20.6 Å². The Morgan fingerprint density at radius 3 is 2.60 bits per heavy atom. The second kappa shape index (κ2) is 9.32. The highest BCUT2D eigenvalue weighted by Gasteiger charge is 2.36. The lowest BCUT2D eigenvalue weighted by Gasteiger charge is -2.43. The maximum Gasteiger partial charge on any atom is 0.417 e. The smallest absolute Gasteiger partial charge is 0.369 e. The van der Waals surface area contributed by atoms with Crippen molar-refractivity contribution in [3.63, 3.8) is 0 Å². The summed E-state index contributed by atoms with van der Waals surface area (Å²) < 4.78 is 78.0. The minimum Gasteiger partial charge on any atom is -0.369 e. The predicted octanol–water partition coefficient (Wildman–Crippen LogP) is 2.93. The van der Waals surface area contributed by atoms with Gasteiger partial charge >= 0.3 is 6.18 Å². The van der Waals surface area contributed by atoms with E-state index in [0.29, 0.717) is 31.7 Å². The lowest BCUT2D eigenvalue weighted by atomic mass is 10.1. The molecule has 1 saturated carbocycles. The van der Waals surface area contributed by atoms with Crippen molar-refractivity contribution in [2.24, 2.45) is 10.9 Å². The molecule has 1 aromatic heterocycles. The van der Waals surface area contributed by atoms with Crippen LogP contribution in [0.2, 0.25) is 0 Å². The van der Waals surface area contributed by atoms with Crippen LogP contribution in [0.3, 0.4) is 0 Å². The number of aromatic nitrogens is 1. The van der Waals surface area contributed by atoms with Gasteiger partial charge in [-0.1, -0.05) is 0 Å². The minimum atomic E-state index is -4.46. The largest absolute Gasteiger partial charge is 0.417 e. The first-order chi connectivity index (χ1) is 16.3. The van der Waals surface area contributed by atoms with Crippen molar-refractivity contribution in [2.45, 2.75) is 44.4 Å². The lowest BCUT2D eigenvalue weighted by Crippen LogP contribution is -2.47. The number of alkyl halides is 3. The van der Waals surface area contributed by atoms with Gasteiger partial charge in [-0.05, 0) is 43.7 Å². The second-order valence-corrected chi connectivity index (χ2v) is 13.8. The summed E-state index contributed by atoms with van der Waals surface area (Å²) in [4.78, 5) is 9.99. The van der Waals surface area contributed by atoms with Crippen molar-refractivity contribution in [1.82, 2.24) is 24.8 Å². The average molecular weight is 521 g/mol. The monoisotopic (exact) mass is 520 g/mol. The van der Waals surface area contributed by atoms with Crippen LogP contribution in [0.1, 0.15) is 36.9 Å². The summed E-state index contributed by atoms with van der Waals surface area (Å²) in [6.45, 7) is 1.90. The fourth-order valence-corrected chi connectivity index (χ4v) is 5.60. The van der Waals surface area contributed by atoms with Gasteiger partial charge in [0, 0.05) is 44.4 Å². The summed E-state index contributed by atoms with van der Waals surface area (Å²) in [5.41, 5.74) is -0.416. The molecule has 1 saturated heterocycles. The van der Waals surface area contributed by atoms with Crippen molar-refractivity contribution < 1.29 is 26.3 Å². The first-order valence-corrected chi connectivity index (χ1v) is 14.3.